The number of nitrogens with zero attached hydrogens (tertiary/aromatic N) is 4. The molecule has 2 aromatic heterocycles. The number of fused-ring (bicyclic) bond motifs is 1. The highest BCUT2D eigenvalue weighted by molar-refractivity contribution is 5.94. The van der Waals surface area contributed by atoms with E-state index >= 15 is 0 Å². The van der Waals surface area contributed by atoms with Crippen LogP contribution in [0.15, 0.2) is 52.5 Å². The predicted octanol–water partition coefficient (Wildman–Crippen LogP) is 1.38. The fourth-order valence-electron chi connectivity index (χ4n) is 1.58. The number of imidazole rings is 1. The third kappa shape index (κ3) is 2.98. The Morgan fingerprint density at radius 2 is 2.42 bits per heavy atom. The zero-order valence-electron chi connectivity index (χ0n) is 10.7. The lowest BCUT2D eigenvalue weighted by Crippen LogP contribution is -2.16. The van der Waals surface area contributed by atoms with Gasteiger partial charge < -0.3 is 14.9 Å². The monoisotopic (exact) mass is 257 g/mol. The van der Waals surface area contributed by atoms with Crippen LogP contribution in [0.25, 0.3) is 5.65 Å². The molecule has 0 aromatic carbocycles. The number of ether oxygens (including phenoxy) is 1. The number of amidine groups is 1. The Bertz CT molecular complexity index is 608. The molecule has 0 radical (unpaired) electrons. The van der Waals surface area contributed by atoms with Crippen LogP contribution >= 0.6 is 0 Å². The van der Waals surface area contributed by atoms with Crippen LogP contribution in [0.3, 0.4) is 0 Å². The minimum absolute atomic E-state index is 0.274. The molecule has 0 fully saturated rings. The van der Waals surface area contributed by atoms with Crippen LogP contribution in [0.4, 0.5) is 0 Å². The van der Waals surface area contributed by atoms with Gasteiger partial charge in [0, 0.05) is 19.4 Å². The second-order valence-electron chi connectivity index (χ2n) is 3.77. The van der Waals surface area contributed by atoms with Crippen molar-refractivity contribution in [1.82, 2.24) is 9.38 Å². The van der Waals surface area contributed by atoms with E-state index in [1.165, 1.54) is 6.20 Å². The quantitative estimate of drug-likeness (QED) is 0.499. The molecule has 0 aliphatic heterocycles. The van der Waals surface area contributed by atoms with Crippen LogP contribution in [-0.4, -0.2) is 29.0 Å². The lowest BCUT2D eigenvalue weighted by molar-refractivity contribution is 0.213. The van der Waals surface area contributed by atoms with Gasteiger partial charge in [0.1, 0.15) is 12.3 Å². The van der Waals surface area contributed by atoms with Gasteiger partial charge in [0.05, 0.1) is 11.9 Å². The summed E-state index contributed by atoms with van der Waals surface area (Å²) in [6, 6.07) is 5.79. The smallest absolute Gasteiger partial charge is 0.179 e. The summed E-state index contributed by atoms with van der Waals surface area (Å²) in [7, 11) is 1.58. The molecule has 0 atom stereocenters. The topological polar surface area (TPSA) is 77.3 Å². The van der Waals surface area contributed by atoms with Crippen LogP contribution in [0.1, 0.15) is 5.69 Å². The third-order valence-corrected chi connectivity index (χ3v) is 2.49. The summed E-state index contributed by atoms with van der Waals surface area (Å²) in [5.41, 5.74) is 7.35. The van der Waals surface area contributed by atoms with Gasteiger partial charge >= 0.3 is 0 Å². The van der Waals surface area contributed by atoms with E-state index in [9.17, 15) is 0 Å². The van der Waals surface area contributed by atoms with Gasteiger partial charge in [-0.2, -0.15) is 0 Å². The molecule has 2 rings (SSSR count). The zero-order chi connectivity index (χ0) is 13.7. The molecular weight excluding hydrogens is 242 g/mol. The third-order valence-electron chi connectivity index (χ3n) is 2.49. The van der Waals surface area contributed by atoms with Gasteiger partial charge in [0.15, 0.2) is 11.6 Å². The average molecular weight is 257 g/mol. The molecule has 98 valence electrons. The number of pyridine rings is 1. The summed E-state index contributed by atoms with van der Waals surface area (Å²) in [6.07, 6.45) is 5.25. The Morgan fingerprint density at radius 1 is 1.58 bits per heavy atom. The summed E-state index contributed by atoms with van der Waals surface area (Å²) in [5.74, 6) is 0.658. The number of aliphatic imine (C=N–C) groups is 2. The van der Waals surface area contributed by atoms with Gasteiger partial charge in [-0.1, -0.05) is 6.07 Å². The molecule has 0 bridgehead atoms. The molecule has 6 nitrogen and oxygen atoms in total. The second kappa shape index (κ2) is 5.81. The molecular formula is C13H15N5O. The maximum Gasteiger partial charge on any atom is 0.179 e. The Labute approximate surface area is 111 Å². The minimum atomic E-state index is 0.274. The molecule has 0 unspecified atom stereocenters. The van der Waals surface area contributed by atoms with Crippen molar-refractivity contribution in [2.75, 3.05) is 7.05 Å². The molecule has 0 saturated carbocycles. The Hall–Kier alpha value is -2.63. The standard InChI is InChI=1S/C13H15N5O/c1-15-7-11(13(14)16-2)19-9-10-8-18-6-4-3-5-12(18)17-10/h3-8H,1,9H2,2H3,(H2,14,16)/b11-7+. The molecule has 19 heavy (non-hydrogen) atoms. The van der Waals surface area contributed by atoms with Gasteiger partial charge in [0.25, 0.3) is 0 Å². The largest absolute Gasteiger partial charge is 0.482 e. The fraction of sp³-hybridized carbons (Fsp3) is 0.154. The minimum Gasteiger partial charge on any atom is -0.482 e. The number of rotatable bonds is 5. The average Bonchev–Trinajstić information content (AvgIpc) is 2.85. The Balaban J connectivity index is 2.12. The first-order chi connectivity index (χ1) is 9.24. The van der Waals surface area contributed by atoms with Crippen molar-refractivity contribution >= 4 is 18.2 Å². The van der Waals surface area contributed by atoms with Crippen molar-refractivity contribution in [1.29, 1.82) is 0 Å². The molecule has 0 spiro atoms. The first-order valence-corrected chi connectivity index (χ1v) is 5.68. The fourth-order valence-corrected chi connectivity index (χ4v) is 1.58. The molecule has 6 heteroatoms. The highest BCUT2D eigenvalue weighted by Gasteiger charge is 2.06. The van der Waals surface area contributed by atoms with E-state index < -0.39 is 0 Å². The van der Waals surface area contributed by atoms with Crippen LogP contribution in [0.5, 0.6) is 0 Å². The lowest BCUT2D eigenvalue weighted by Gasteiger charge is -2.06. The Morgan fingerprint density at radius 3 is 3.11 bits per heavy atom. The van der Waals surface area contributed by atoms with Gasteiger partial charge in [-0.25, -0.2) is 4.98 Å². The second-order valence-corrected chi connectivity index (χ2v) is 3.77. The van der Waals surface area contributed by atoms with Crippen molar-refractivity contribution < 1.29 is 4.74 Å². The zero-order valence-corrected chi connectivity index (χ0v) is 10.7. The number of hydrogen-bond acceptors (Lipinski definition) is 4. The van der Waals surface area contributed by atoms with Gasteiger partial charge in [-0.3, -0.25) is 9.98 Å². The summed E-state index contributed by atoms with van der Waals surface area (Å²) in [5, 5.41) is 0. The lowest BCUT2D eigenvalue weighted by atomic mass is 10.4. The highest BCUT2D eigenvalue weighted by Crippen LogP contribution is 2.08. The van der Waals surface area contributed by atoms with Crippen molar-refractivity contribution in [2.24, 2.45) is 15.7 Å². The first-order valence-electron chi connectivity index (χ1n) is 5.68. The molecule has 2 heterocycles. The van der Waals surface area contributed by atoms with Crippen molar-refractivity contribution in [3.63, 3.8) is 0 Å². The van der Waals surface area contributed by atoms with E-state index in [1.54, 1.807) is 7.05 Å². The highest BCUT2D eigenvalue weighted by atomic mass is 16.5. The number of nitrogens with two attached hydrogens (primary N) is 1. The molecule has 0 amide bonds. The van der Waals surface area contributed by atoms with Crippen LogP contribution in [0.2, 0.25) is 0 Å². The van der Waals surface area contributed by atoms with E-state index in [1.807, 2.05) is 35.0 Å². The first kappa shape index (κ1) is 12.8. The van der Waals surface area contributed by atoms with Crippen molar-refractivity contribution in [2.45, 2.75) is 6.61 Å². The summed E-state index contributed by atoms with van der Waals surface area (Å²) < 4.78 is 7.47. The molecule has 0 aliphatic rings. The molecule has 2 aromatic rings. The van der Waals surface area contributed by atoms with E-state index in [0.717, 1.165) is 11.3 Å². The summed E-state index contributed by atoms with van der Waals surface area (Å²) in [6.45, 7) is 3.66. The Kier molecular flexibility index (Phi) is 3.92. The van der Waals surface area contributed by atoms with Gasteiger partial charge in [-0.15, -0.1) is 0 Å². The maximum atomic E-state index is 5.69. The van der Waals surface area contributed by atoms with Crippen LogP contribution in [-0.2, 0) is 11.3 Å². The molecule has 2 N–H and O–H groups in total. The van der Waals surface area contributed by atoms with Crippen molar-refractivity contribution in [3.05, 3.63) is 48.2 Å². The van der Waals surface area contributed by atoms with Gasteiger partial charge in [0.2, 0.25) is 0 Å². The van der Waals surface area contributed by atoms with Gasteiger partial charge in [-0.05, 0) is 18.9 Å². The van der Waals surface area contributed by atoms with Crippen molar-refractivity contribution in [3.8, 4) is 0 Å². The summed E-state index contributed by atoms with van der Waals surface area (Å²) in [4.78, 5) is 11.9. The van der Waals surface area contributed by atoms with Crippen LogP contribution < -0.4 is 5.73 Å². The predicted molar refractivity (Wildman–Crippen MR) is 75.2 cm³/mol. The van der Waals surface area contributed by atoms with Crippen LogP contribution in [0, 0.1) is 0 Å². The van der Waals surface area contributed by atoms with E-state index in [2.05, 4.69) is 21.7 Å². The van der Waals surface area contributed by atoms with E-state index in [0.29, 0.717) is 12.4 Å². The SMILES string of the molecule is C=N/C=C(/OCc1cn2ccccc2n1)C(N)=NC. The molecule has 0 saturated heterocycles. The normalized spacial score (nSPS) is 12.7. The van der Waals surface area contributed by atoms with E-state index in [4.69, 9.17) is 10.5 Å². The van der Waals surface area contributed by atoms with E-state index in [-0.39, 0.29) is 5.84 Å². The maximum absolute atomic E-state index is 5.69. The molecule has 0 aliphatic carbocycles. The number of aromatic nitrogens is 2. The number of hydrogen-bond donors (Lipinski definition) is 1. The summed E-state index contributed by atoms with van der Waals surface area (Å²) >= 11 is 0.